The number of urea groups is 1. The second-order valence-electron chi connectivity index (χ2n) is 10.9. The number of amides is 3. The van der Waals surface area contributed by atoms with E-state index in [1.807, 2.05) is 10.3 Å². The Hall–Kier alpha value is -4.77. The van der Waals surface area contributed by atoms with Gasteiger partial charge in [0.25, 0.3) is 0 Å². The van der Waals surface area contributed by atoms with Gasteiger partial charge in [-0.1, -0.05) is 29.5 Å². The molecule has 2 saturated heterocycles. The number of rotatable bonds is 7. The van der Waals surface area contributed by atoms with Crippen LogP contribution in [0.2, 0.25) is 5.02 Å². The Morgan fingerprint density at radius 1 is 1.20 bits per heavy atom. The van der Waals surface area contributed by atoms with E-state index < -0.39 is 23.7 Å². The summed E-state index contributed by atoms with van der Waals surface area (Å²) in [5.74, 6) is 4.97. The van der Waals surface area contributed by atoms with Crippen LogP contribution in [0.1, 0.15) is 32.5 Å². The first kappa shape index (κ1) is 31.2. The van der Waals surface area contributed by atoms with E-state index in [9.17, 15) is 18.8 Å². The molecular formula is C32H29ClFN7O4S. The summed E-state index contributed by atoms with van der Waals surface area (Å²) >= 11 is 7.86. The molecule has 0 aliphatic carbocycles. The molecule has 11 nitrogen and oxygen atoms in total. The fourth-order valence-electron chi connectivity index (χ4n) is 5.76. The summed E-state index contributed by atoms with van der Waals surface area (Å²) in [6, 6.07) is 9.67. The maximum absolute atomic E-state index is 14.0. The molecule has 3 aromatic rings. The smallest absolute Gasteiger partial charge is 0.338 e. The quantitative estimate of drug-likeness (QED) is 0.294. The number of hydrogen-bond acceptors (Lipinski definition) is 9. The molecule has 14 heteroatoms. The third-order valence-corrected chi connectivity index (χ3v) is 9.10. The molecule has 0 radical (unpaired) electrons. The van der Waals surface area contributed by atoms with Gasteiger partial charge in [0, 0.05) is 71.7 Å². The highest BCUT2D eigenvalue weighted by atomic mass is 35.5. The lowest BCUT2D eigenvalue weighted by Crippen LogP contribution is -2.53. The van der Waals surface area contributed by atoms with Crippen molar-refractivity contribution in [2.75, 3.05) is 46.4 Å². The largest absolute Gasteiger partial charge is 0.466 e. The number of hydrogen-bond donors (Lipinski definition) is 2. The lowest BCUT2D eigenvalue weighted by molar-refractivity contribution is -0.136. The lowest BCUT2D eigenvalue weighted by Gasteiger charge is -2.38. The Morgan fingerprint density at radius 2 is 2.00 bits per heavy atom. The third kappa shape index (κ3) is 6.46. The molecule has 236 valence electrons. The van der Waals surface area contributed by atoms with Gasteiger partial charge in [0.1, 0.15) is 11.9 Å². The number of aromatic nitrogens is 1. The van der Waals surface area contributed by atoms with Crippen LogP contribution >= 0.6 is 22.9 Å². The van der Waals surface area contributed by atoms with Crippen LogP contribution in [0.15, 0.2) is 70.3 Å². The highest BCUT2D eigenvalue weighted by molar-refractivity contribution is 7.11. The fraction of sp³-hybridized carbons (Fsp3) is 0.281. The van der Waals surface area contributed by atoms with Crippen molar-refractivity contribution >= 4 is 46.7 Å². The molecule has 6 rings (SSSR count). The number of halogens is 2. The van der Waals surface area contributed by atoms with E-state index in [0.717, 1.165) is 5.56 Å². The third-order valence-electron chi connectivity index (χ3n) is 7.99. The van der Waals surface area contributed by atoms with E-state index >= 15 is 0 Å². The molecule has 3 aliphatic rings. The minimum atomic E-state index is -0.855. The molecule has 4 heterocycles. The summed E-state index contributed by atoms with van der Waals surface area (Å²) < 4.78 is 19.2. The second kappa shape index (κ2) is 13.3. The average molecular weight is 662 g/mol. The number of aliphatic imine (C=N–C) groups is 1. The highest BCUT2D eigenvalue weighted by Gasteiger charge is 2.41. The zero-order valence-electron chi connectivity index (χ0n) is 24.7. The van der Waals surface area contributed by atoms with E-state index in [0.29, 0.717) is 60.4 Å². The van der Waals surface area contributed by atoms with Gasteiger partial charge in [-0.25, -0.2) is 19.0 Å². The maximum Gasteiger partial charge on any atom is 0.338 e. The number of esters is 1. The maximum atomic E-state index is 14.0. The monoisotopic (exact) mass is 661 g/mol. The van der Waals surface area contributed by atoms with Crippen molar-refractivity contribution in [2.24, 2.45) is 10.7 Å². The Labute approximate surface area is 273 Å². The van der Waals surface area contributed by atoms with Gasteiger partial charge in [0.05, 0.1) is 25.3 Å². The van der Waals surface area contributed by atoms with Crippen LogP contribution in [0.3, 0.4) is 0 Å². The first-order valence-corrected chi connectivity index (χ1v) is 15.6. The average Bonchev–Trinajstić information content (AvgIpc) is 3.69. The van der Waals surface area contributed by atoms with E-state index in [4.69, 9.17) is 27.1 Å². The van der Waals surface area contributed by atoms with Gasteiger partial charge in [0.15, 0.2) is 10.8 Å². The van der Waals surface area contributed by atoms with Gasteiger partial charge in [-0.3, -0.25) is 14.7 Å². The molecule has 46 heavy (non-hydrogen) atoms. The van der Waals surface area contributed by atoms with E-state index in [1.165, 1.54) is 36.6 Å². The SMILES string of the molecule is COC(=O)C1=C(CN2CCN3C(=O)N(CC#Cc4ccc(C(N)=O)cc4)CC3C2)NC(c2nccs2)=NC1c1ccc(F)cc1Cl. The van der Waals surface area contributed by atoms with Gasteiger partial charge < -0.3 is 25.6 Å². The number of primary amides is 1. The van der Waals surface area contributed by atoms with Gasteiger partial charge in [-0.2, -0.15) is 0 Å². The number of nitrogens with zero attached hydrogens (tertiary/aromatic N) is 5. The number of piperazine rings is 1. The normalized spacial score (nSPS) is 19.6. The van der Waals surface area contributed by atoms with E-state index in [1.54, 1.807) is 35.4 Å². The van der Waals surface area contributed by atoms with Crippen LogP contribution in [-0.2, 0) is 9.53 Å². The number of amidine groups is 1. The molecular weight excluding hydrogens is 633 g/mol. The minimum Gasteiger partial charge on any atom is -0.466 e. The fourth-order valence-corrected chi connectivity index (χ4v) is 6.62. The van der Waals surface area contributed by atoms with Crippen LogP contribution in [-0.4, -0.2) is 95.8 Å². The number of methoxy groups -OCH3 is 1. The predicted octanol–water partition coefficient (Wildman–Crippen LogP) is 3.03. The van der Waals surface area contributed by atoms with Gasteiger partial charge in [0.2, 0.25) is 5.91 Å². The van der Waals surface area contributed by atoms with E-state index in [-0.39, 0.29) is 29.2 Å². The van der Waals surface area contributed by atoms with E-state index in [2.05, 4.69) is 27.0 Å². The number of ether oxygens (including phenoxy) is 1. The Morgan fingerprint density at radius 3 is 2.70 bits per heavy atom. The molecule has 2 atom stereocenters. The first-order valence-electron chi connectivity index (χ1n) is 14.4. The van der Waals surface area contributed by atoms with Crippen molar-refractivity contribution in [3.05, 3.63) is 97.8 Å². The van der Waals surface area contributed by atoms with Crippen LogP contribution < -0.4 is 11.1 Å². The Bertz CT molecular complexity index is 1800. The number of carbonyl (C=O) groups excluding carboxylic acids is 3. The molecule has 2 aromatic carbocycles. The molecule has 3 N–H and O–H groups in total. The second-order valence-corrected chi connectivity index (χ2v) is 12.2. The number of thiazole rings is 1. The van der Waals surface area contributed by atoms with Crippen molar-refractivity contribution in [1.29, 1.82) is 0 Å². The van der Waals surface area contributed by atoms with Crippen molar-refractivity contribution in [2.45, 2.75) is 12.1 Å². The summed E-state index contributed by atoms with van der Waals surface area (Å²) in [6.07, 6.45) is 1.66. The van der Waals surface area contributed by atoms with Crippen molar-refractivity contribution in [3.8, 4) is 11.8 Å². The zero-order valence-corrected chi connectivity index (χ0v) is 26.3. The number of carbonyl (C=O) groups is 3. The minimum absolute atomic E-state index is 0.0712. The zero-order chi connectivity index (χ0) is 32.4. The number of benzene rings is 2. The van der Waals surface area contributed by atoms with Gasteiger partial charge in [-0.15, -0.1) is 11.3 Å². The molecule has 2 fully saturated rings. The van der Waals surface area contributed by atoms with Crippen molar-refractivity contribution < 1.29 is 23.5 Å². The number of nitrogens with two attached hydrogens (primary N) is 1. The summed E-state index contributed by atoms with van der Waals surface area (Å²) in [6.45, 7) is 2.74. The predicted molar refractivity (Wildman–Crippen MR) is 171 cm³/mol. The Balaban J connectivity index is 1.20. The molecule has 0 bridgehead atoms. The summed E-state index contributed by atoms with van der Waals surface area (Å²) in [4.78, 5) is 52.7. The molecule has 0 spiro atoms. The first-order chi connectivity index (χ1) is 22.2. The molecule has 3 aliphatic heterocycles. The van der Waals surface area contributed by atoms with Crippen LogP contribution in [0.5, 0.6) is 0 Å². The molecule has 2 unspecified atom stereocenters. The number of fused-ring (bicyclic) bond motifs is 1. The van der Waals surface area contributed by atoms with Crippen molar-refractivity contribution in [1.82, 2.24) is 25.0 Å². The highest BCUT2D eigenvalue weighted by Crippen LogP contribution is 2.37. The summed E-state index contributed by atoms with van der Waals surface area (Å²) in [5.41, 5.74) is 7.72. The summed E-state index contributed by atoms with van der Waals surface area (Å²) in [7, 11) is 1.30. The van der Waals surface area contributed by atoms with Crippen LogP contribution in [0.25, 0.3) is 0 Å². The Kier molecular flexibility index (Phi) is 9.03. The van der Waals surface area contributed by atoms with Gasteiger partial charge in [-0.05, 0) is 36.4 Å². The lowest BCUT2D eigenvalue weighted by atomic mass is 9.95. The topological polar surface area (TPSA) is 133 Å². The number of nitrogens with one attached hydrogen (secondary N) is 1. The summed E-state index contributed by atoms with van der Waals surface area (Å²) in [5, 5.41) is 5.90. The van der Waals surface area contributed by atoms with Crippen molar-refractivity contribution in [3.63, 3.8) is 0 Å². The molecule has 1 aromatic heterocycles. The van der Waals surface area contributed by atoms with Crippen LogP contribution in [0, 0.1) is 17.7 Å². The molecule has 3 amide bonds. The van der Waals surface area contributed by atoms with Gasteiger partial charge >= 0.3 is 12.0 Å². The van der Waals surface area contributed by atoms with Crippen LogP contribution in [0.4, 0.5) is 9.18 Å². The standard InChI is InChI=1S/C32H29ClFN7O4S/c1-45-31(43)26-25(37-29(30-36-10-14-46-30)38-27(26)23-9-8-21(34)15-24(23)33)18-39-12-13-41-22(16-39)17-40(32(41)44)11-2-3-19-4-6-20(7-5-19)28(35)42/h4-10,14-15,22,27H,11-13,16-18H2,1H3,(H2,35,42)(H,37,38). The molecule has 0 saturated carbocycles.